The van der Waals surface area contributed by atoms with Crippen LogP contribution in [0.4, 0.5) is 0 Å². The zero-order valence-electron chi connectivity index (χ0n) is 12.6. The third kappa shape index (κ3) is 2.83. The van der Waals surface area contributed by atoms with E-state index in [1.807, 2.05) is 0 Å². The Morgan fingerprint density at radius 2 is 1.95 bits per heavy atom. The van der Waals surface area contributed by atoms with Crippen LogP contribution in [0.1, 0.15) is 48.0 Å². The molecule has 5 nitrogen and oxygen atoms in total. The molecule has 1 saturated carbocycles. The first kappa shape index (κ1) is 15.6. The van der Waals surface area contributed by atoms with Crippen molar-refractivity contribution in [2.75, 3.05) is 20.8 Å². The summed E-state index contributed by atoms with van der Waals surface area (Å²) >= 11 is 0. The van der Waals surface area contributed by atoms with Gasteiger partial charge in [0, 0.05) is 23.6 Å². The third-order valence-electron chi connectivity index (χ3n) is 4.50. The minimum atomic E-state index is -0.556. The molecule has 5 heteroatoms. The van der Waals surface area contributed by atoms with Crippen molar-refractivity contribution in [3.8, 4) is 11.5 Å². The van der Waals surface area contributed by atoms with Crippen molar-refractivity contribution in [1.29, 1.82) is 0 Å². The van der Waals surface area contributed by atoms with Gasteiger partial charge >= 0.3 is 5.97 Å². The number of rotatable bonds is 4. The van der Waals surface area contributed by atoms with E-state index in [1.54, 1.807) is 13.2 Å². The highest BCUT2D eigenvalue weighted by molar-refractivity contribution is 5.93. The van der Waals surface area contributed by atoms with Crippen LogP contribution < -0.4 is 10.5 Å². The van der Waals surface area contributed by atoms with Gasteiger partial charge in [0.25, 0.3) is 0 Å². The minimum Gasteiger partial charge on any atom is -0.507 e. The van der Waals surface area contributed by atoms with Crippen LogP contribution in [0.25, 0.3) is 0 Å². The van der Waals surface area contributed by atoms with Gasteiger partial charge in [-0.3, -0.25) is 0 Å². The molecule has 1 aliphatic carbocycles. The number of carbonyl (C=O) groups is 1. The maximum atomic E-state index is 11.8. The quantitative estimate of drug-likeness (QED) is 0.833. The van der Waals surface area contributed by atoms with Gasteiger partial charge < -0.3 is 20.3 Å². The van der Waals surface area contributed by atoms with Gasteiger partial charge in [0.1, 0.15) is 17.1 Å². The molecule has 0 bridgehead atoms. The summed E-state index contributed by atoms with van der Waals surface area (Å²) in [5.74, 6) is -0.114. The molecule has 0 saturated heterocycles. The standard InChI is InChI=1S/C16H23NO4/c1-20-14-9-13(18)11(15(19)21-2)8-12(14)16(10-17)6-4-3-5-7-16/h8-9,18H,3-7,10,17H2,1-2H3. The van der Waals surface area contributed by atoms with Gasteiger partial charge in [-0.25, -0.2) is 4.79 Å². The Labute approximate surface area is 125 Å². The van der Waals surface area contributed by atoms with Crippen molar-refractivity contribution in [3.05, 3.63) is 23.3 Å². The average Bonchev–Trinajstić information content (AvgIpc) is 2.54. The molecule has 3 N–H and O–H groups in total. The zero-order valence-corrected chi connectivity index (χ0v) is 12.6. The molecule has 0 amide bonds. The molecule has 1 aliphatic rings. The van der Waals surface area contributed by atoms with Gasteiger partial charge in [-0.05, 0) is 18.9 Å². The predicted molar refractivity (Wildman–Crippen MR) is 79.8 cm³/mol. The summed E-state index contributed by atoms with van der Waals surface area (Å²) in [7, 11) is 2.86. The first-order valence-electron chi connectivity index (χ1n) is 7.28. The van der Waals surface area contributed by atoms with Crippen molar-refractivity contribution >= 4 is 5.97 Å². The molecule has 0 unspecified atom stereocenters. The van der Waals surface area contributed by atoms with E-state index in [2.05, 4.69) is 0 Å². The Morgan fingerprint density at radius 3 is 2.48 bits per heavy atom. The highest BCUT2D eigenvalue weighted by atomic mass is 16.5. The van der Waals surface area contributed by atoms with E-state index in [0.29, 0.717) is 12.3 Å². The number of hydrogen-bond donors (Lipinski definition) is 2. The first-order chi connectivity index (χ1) is 10.1. The molecule has 2 rings (SSSR count). The topological polar surface area (TPSA) is 81.8 Å². The van der Waals surface area contributed by atoms with Crippen LogP contribution in [-0.2, 0) is 10.2 Å². The summed E-state index contributed by atoms with van der Waals surface area (Å²) < 4.78 is 10.1. The highest BCUT2D eigenvalue weighted by Crippen LogP contribution is 2.44. The van der Waals surface area contributed by atoms with E-state index >= 15 is 0 Å². The van der Waals surface area contributed by atoms with Crippen LogP contribution in [-0.4, -0.2) is 31.8 Å². The number of ether oxygens (including phenoxy) is 2. The Balaban J connectivity index is 2.56. The molecule has 0 aliphatic heterocycles. The number of methoxy groups -OCH3 is 2. The molecular weight excluding hydrogens is 270 g/mol. The maximum absolute atomic E-state index is 11.8. The monoisotopic (exact) mass is 293 g/mol. The fraction of sp³-hybridized carbons (Fsp3) is 0.562. The van der Waals surface area contributed by atoms with Crippen LogP contribution in [0.3, 0.4) is 0 Å². The van der Waals surface area contributed by atoms with E-state index < -0.39 is 5.97 Å². The fourth-order valence-corrected chi connectivity index (χ4v) is 3.24. The molecule has 1 aromatic rings. The first-order valence-corrected chi connectivity index (χ1v) is 7.28. The van der Waals surface area contributed by atoms with Crippen molar-refractivity contribution in [3.63, 3.8) is 0 Å². The summed E-state index contributed by atoms with van der Waals surface area (Å²) in [5, 5.41) is 9.99. The van der Waals surface area contributed by atoms with Gasteiger partial charge in [0.15, 0.2) is 0 Å². The second-order valence-electron chi connectivity index (χ2n) is 5.61. The van der Waals surface area contributed by atoms with Gasteiger partial charge in [-0.15, -0.1) is 0 Å². The highest BCUT2D eigenvalue weighted by Gasteiger charge is 2.36. The molecule has 1 fully saturated rings. The number of phenolic OH excluding ortho intramolecular Hbond substituents is 1. The molecule has 0 aromatic heterocycles. The smallest absolute Gasteiger partial charge is 0.341 e. The van der Waals surface area contributed by atoms with Crippen LogP contribution in [0, 0.1) is 0 Å². The van der Waals surface area contributed by atoms with Gasteiger partial charge in [0.05, 0.1) is 14.2 Å². The number of esters is 1. The number of nitrogens with two attached hydrogens (primary N) is 1. The molecule has 0 spiro atoms. The molecule has 21 heavy (non-hydrogen) atoms. The summed E-state index contributed by atoms with van der Waals surface area (Å²) in [6.45, 7) is 0.495. The molecule has 0 radical (unpaired) electrons. The van der Waals surface area contributed by atoms with Crippen LogP contribution in [0.15, 0.2) is 12.1 Å². The van der Waals surface area contributed by atoms with Crippen molar-refractivity contribution in [2.24, 2.45) is 5.73 Å². The van der Waals surface area contributed by atoms with Crippen molar-refractivity contribution in [2.45, 2.75) is 37.5 Å². The molecule has 0 heterocycles. The van der Waals surface area contributed by atoms with E-state index in [0.717, 1.165) is 31.2 Å². The number of hydrogen-bond acceptors (Lipinski definition) is 5. The Bertz CT molecular complexity index is 521. The largest absolute Gasteiger partial charge is 0.507 e. The second kappa shape index (κ2) is 6.35. The summed E-state index contributed by atoms with van der Waals surface area (Å²) in [5.41, 5.74) is 6.91. The van der Waals surface area contributed by atoms with Crippen LogP contribution in [0.5, 0.6) is 11.5 Å². The molecular formula is C16H23NO4. The summed E-state index contributed by atoms with van der Waals surface area (Å²) in [6, 6.07) is 3.16. The van der Waals surface area contributed by atoms with E-state index in [1.165, 1.54) is 19.6 Å². The van der Waals surface area contributed by atoms with Gasteiger partial charge in [0.2, 0.25) is 0 Å². The van der Waals surface area contributed by atoms with Crippen molar-refractivity contribution < 1.29 is 19.4 Å². The molecule has 0 atom stereocenters. The van der Waals surface area contributed by atoms with Crippen LogP contribution >= 0.6 is 0 Å². The Hall–Kier alpha value is -1.75. The van der Waals surface area contributed by atoms with E-state index in [-0.39, 0.29) is 16.7 Å². The SMILES string of the molecule is COC(=O)c1cc(C2(CN)CCCCC2)c(OC)cc1O. The van der Waals surface area contributed by atoms with Crippen LogP contribution in [0.2, 0.25) is 0 Å². The Kier molecular flexibility index (Phi) is 4.73. The Morgan fingerprint density at radius 1 is 1.29 bits per heavy atom. The zero-order chi connectivity index (χ0) is 15.5. The summed E-state index contributed by atoms with van der Waals surface area (Å²) in [6.07, 6.45) is 5.34. The normalized spacial score (nSPS) is 17.3. The number of phenols is 1. The lowest BCUT2D eigenvalue weighted by atomic mass is 9.69. The van der Waals surface area contributed by atoms with E-state index in [9.17, 15) is 9.90 Å². The summed E-state index contributed by atoms with van der Waals surface area (Å²) in [4.78, 5) is 11.8. The predicted octanol–water partition coefficient (Wildman–Crippen LogP) is 2.35. The molecule has 1 aromatic carbocycles. The van der Waals surface area contributed by atoms with Gasteiger partial charge in [-0.2, -0.15) is 0 Å². The minimum absolute atomic E-state index is 0.134. The second-order valence-corrected chi connectivity index (χ2v) is 5.61. The van der Waals surface area contributed by atoms with E-state index in [4.69, 9.17) is 15.2 Å². The third-order valence-corrected chi connectivity index (χ3v) is 4.50. The maximum Gasteiger partial charge on any atom is 0.341 e. The lowest BCUT2D eigenvalue weighted by Gasteiger charge is -2.37. The lowest BCUT2D eigenvalue weighted by molar-refractivity contribution is 0.0597. The number of aromatic hydroxyl groups is 1. The molecule has 116 valence electrons. The fourth-order valence-electron chi connectivity index (χ4n) is 3.24. The lowest BCUT2D eigenvalue weighted by Crippen LogP contribution is -2.37. The average molecular weight is 293 g/mol. The van der Waals surface area contributed by atoms with Gasteiger partial charge in [-0.1, -0.05) is 19.3 Å². The number of benzene rings is 1. The number of carbonyl (C=O) groups excluding carboxylic acids is 1. The van der Waals surface area contributed by atoms with Crippen molar-refractivity contribution in [1.82, 2.24) is 0 Å².